The molecule has 2 aliphatic carbocycles. The van der Waals surface area contributed by atoms with Crippen LogP contribution < -0.4 is 4.72 Å². The normalized spacial score (nSPS) is 36.1. The van der Waals surface area contributed by atoms with Crippen LogP contribution in [-0.4, -0.2) is 22.9 Å². The predicted molar refractivity (Wildman–Crippen MR) is 85.3 cm³/mol. The maximum absolute atomic E-state index is 14.2. The van der Waals surface area contributed by atoms with Crippen LogP contribution in [0.3, 0.4) is 0 Å². The number of hydrogen-bond donors (Lipinski definition) is 1. The molecule has 1 N–H and O–H groups in total. The van der Waals surface area contributed by atoms with E-state index in [4.69, 9.17) is 0 Å². The first-order valence-corrected chi connectivity index (χ1v) is 8.97. The number of rotatable bonds is 2. The van der Waals surface area contributed by atoms with Crippen LogP contribution in [-0.2, 0) is 5.41 Å². The van der Waals surface area contributed by atoms with E-state index in [9.17, 15) is 8.78 Å². The summed E-state index contributed by atoms with van der Waals surface area (Å²) in [6.45, 7) is 3.17. The van der Waals surface area contributed by atoms with Crippen LogP contribution in [0.25, 0.3) is 0 Å². The second-order valence-corrected chi connectivity index (χ2v) is 8.22. The third-order valence-corrected chi connectivity index (χ3v) is 6.65. The smallest absolute Gasteiger partial charge is 0.127 e. The van der Waals surface area contributed by atoms with Crippen LogP contribution in [0, 0.1) is 17.6 Å². The Morgan fingerprint density at radius 1 is 1.27 bits per heavy atom. The molecule has 22 heavy (non-hydrogen) atoms. The molecule has 0 amide bonds. The number of nitrogens with one attached hydrogen (secondary N) is 1. The van der Waals surface area contributed by atoms with Gasteiger partial charge in [0.15, 0.2) is 0 Å². The Morgan fingerprint density at radius 2 is 2.09 bits per heavy atom. The van der Waals surface area contributed by atoms with Gasteiger partial charge in [-0.2, -0.15) is 0 Å². The molecule has 2 nitrogen and oxygen atoms in total. The maximum atomic E-state index is 14.2. The van der Waals surface area contributed by atoms with Gasteiger partial charge in [0.1, 0.15) is 11.6 Å². The van der Waals surface area contributed by atoms with Crippen molar-refractivity contribution in [3.63, 3.8) is 0 Å². The van der Waals surface area contributed by atoms with Crippen molar-refractivity contribution in [2.45, 2.75) is 56.5 Å². The van der Waals surface area contributed by atoms with Crippen LogP contribution >= 0.6 is 12.1 Å². The second-order valence-electron chi connectivity index (χ2n) is 7.33. The summed E-state index contributed by atoms with van der Waals surface area (Å²) in [7, 11) is 0. The molecule has 0 radical (unpaired) electrons. The first-order valence-electron chi connectivity index (χ1n) is 8.20. The quantitative estimate of drug-likeness (QED) is 0.827. The van der Waals surface area contributed by atoms with Crippen molar-refractivity contribution in [2.75, 3.05) is 6.54 Å². The van der Waals surface area contributed by atoms with E-state index in [1.165, 1.54) is 31.0 Å². The number of fused-ring (bicyclic) bond motifs is 1. The van der Waals surface area contributed by atoms with Gasteiger partial charge in [-0.25, -0.2) is 17.8 Å². The molecule has 2 saturated carbocycles. The molecule has 1 aromatic rings. The van der Waals surface area contributed by atoms with E-state index >= 15 is 0 Å². The molecule has 4 rings (SSSR count). The minimum absolute atomic E-state index is 0.258. The van der Waals surface area contributed by atoms with Gasteiger partial charge in [-0.15, -0.1) is 0 Å². The molecule has 120 valence electrons. The summed E-state index contributed by atoms with van der Waals surface area (Å²) < 4.78 is 33.9. The summed E-state index contributed by atoms with van der Waals surface area (Å²) in [4.78, 5) is 0. The summed E-state index contributed by atoms with van der Waals surface area (Å²) in [6, 6.07) is 5.11. The fourth-order valence-electron chi connectivity index (χ4n) is 4.07. The molecule has 3 aliphatic rings. The predicted octanol–water partition coefficient (Wildman–Crippen LogP) is 4.02. The summed E-state index contributed by atoms with van der Waals surface area (Å²) in [5.74, 6) is -0.0838. The third kappa shape index (κ3) is 2.68. The van der Waals surface area contributed by atoms with Gasteiger partial charge in [0.05, 0.1) is 0 Å². The second kappa shape index (κ2) is 5.46. The molecule has 3 atom stereocenters. The SMILES string of the molecule is C[C@@]1(c2cc(F)ccc2F)CCC2NSN(C3CC3)CC2C1. The monoisotopic (exact) mass is 324 g/mol. The van der Waals surface area contributed by atoms with Crippen LogP contribution in [0.2, 0.25) is 0 Å². The van der Waals surface area contributed by atoms with Crippen molar-refractivity contribution in [3.05, 3.63) is 35.4 Å². The number of benzene rings is 1. The molecule has 1 aliphatic heterocycles. The van der Waals surface area contributed by atoms with Gasteiger partial charge in [0.2, 0.25) is 0 Å². The largest absolute Gasteiger partial charge is 0.247 e. The van der Waals surface area contributed by atoms with Gasteiger partial charge in [-0.3, -0.25) is 0 Å². The molecule has 3 fully saturated rings. The Morgan fingerprint density at radius 3 is 2.86 bits per heavy atom. The van der Waals surface area contributed by atoms with E-state index in [0.29, 0.717) is 17.5 Å². The molecule has 0 spiro atoms. The zero-order valence-electron chi connectivity index (χ0n) is 12.8. The van der Waals surface area contributed by atoms with Crippen molar-refractivity contribution in [2.24, 2.45) is 5.92 Å². The highest BCUT2D eigenvalue weighted by Gasteiger charge is 2.45. The Bertz CT molecular complexity index is 578. The summed E-state index contributed by atoms with van der Waals surface area (Å²) in [5, 5.41) is 0. The first-order chi connectivity index (χ1) is 10.5. The molecular formula is C17H22F2N2S. The fourth-order valence-corrected chi connectivity index (χ4v) is 5.28. The average molecular weight is 324 g/mol. The lowest BCUT2D eigenvalue weighted by Crippen LogP contribution is -2.52. The lowest BCUT2D eigenvalue weighted by atomic mass is 9.65. The standard InChI is InChI=1S/C17H22F2N2S/c1-17(14-8-12(18)2-5-15(14)19)7-6-16-11(9-17)10-21(22-20-16)13-3-4-13/h2,5,8,11,13,16,20H,3-4,6-7,9-10H2,1H3/t11?,16?,17-/m1/s1. The van der Waals surface area contributed by atoms with E-state index in [1.807, 2.05) is 0 Å². The zero-order chi connectivity index (χ0) is 15.3. The van der Waals surface area contributed by atoms with Crippen molar-refractivity contribution < 1.29 is 8.78 Å². The Hall–Kier alpha value is -0.650. The van der Waals surface area contributed by atoms with Gasteiger partial charge < -0.3 is 0 Å². The highest BCUT2D eigenvalue weighted by Crippen LogP contribution is 2.46. The number of nitrogens with zero attached hydrogens (tertiary/aromatic N) is 1. The Balaban J connectivity index is 1.56. The number of hydrogen-bond acceptors (Lipinski definition) is 3. The topological polar surface area (TPSA) is 15.3 Å². The molecule has 5 heteroatoms. The van der Waals surface area contributed by atoms with Crippen molar-refractivity contribution in [1.82, 2.24) is 9.03 Å². The summed E-state index contributed by atoms with van der Waals surface area (Å²) in [6.07, 6.45) is 5.45. The molecular weight excluding hydrogens is 302 g/mol. The van der Waals surface area contributed by atoms with Gasteiger partial charge in [-0.1, -0.05) is 6.92 Å². The van der Waals surface area contributed by atoms with Gasteiger partial charge in [0.25, 0.3) is 0 Å². The summed E-state index contributed by atoms with van der Waals surface area (Å²) >= 11 is 1.77. The highest BCUT2D eigenvalue weighted by atomic mass is 32.2. The molecule has 2 unspecified atom stereocenters. The third-order valence-electron chi connectivity index (χ3n) is 5.56. The van der Waals surface area contributed by atoms with Crippen LogP contribution in [0.1, 0.15) is 44.6 Å². The van der Waals surface area contributed by atoms with Crippen molar-refractivity contribution in [1.29, 1.82) is 0 Å². The van der Waals surface area contributed by atoms with E-state index in [-0.39, 0.29) is 17.0 Å². The number of halogens is 2. The molecule has 0 bridgehead atoms. The molecule has 1 aromatic carbocycles. The minimum Gasteiger partial charge on any atom is -0.247 e. The molecule has 0 aromatic heterocycles. The van der Waals surface area contributed by atoms with Crippen LogP contribution in [0.5, 0.6) is 0 Å². The molecule has 1 heterocycles. The maximum Gasteiger partial charge on any atom is 0.127 e. The fraction of sp³-hybridized carbons (Fsp3) is 0.647. The summed E-state index contributed by atoms with van der Waals surface area (Å²) in [5.41, 5.74) is 0.300. The average Bonchev–Trinajstić information content (AvgIpc) is 3.33. The highest BCUT2D eigenvalue weighted by molar-refractivity contribution is 7.95. The van der Waals surface area contributed by atoms with Crippen molar-refractivity contribution in [3.8, 4) is 0 Å². The zero-order valence-corrected chi connectivity index (χ0v) is 13.6. The Kier molecular flexibility index (Phi) is 3.70. The first kappa shape index (κ1) is 14.9. The van der Waals surface area contributed by atoms with E-state index in [1.54, 1.807) is 12.1 Å². The minimum atomic E-state index is -0.336. The van der Waals surface area contributed by atoms with E-state index in [0.717, 1.165) is 31.8 Å². The van der Waals surface area contributed by atoms with E-state index < -0.39 is 0 Å². The van der Waals surface area contributed by atoms with Gasteiger partial charge in [0, 0.05) is 30.8 Å². The van der Waals surface area contributed by atoms with Crippen LogP contribution in [0.15, 0.2) is 18.2 Å². The molecule has 1 saturated heterocycles. The van der Waals surface area contributed by atoms with Gasteiger partial charge >= 0.3 is 0 Å². The Labute approximate surface area is 134 Å². The van der Waals surface area contributed by atoms with E-state index in [2.05, 4.69) is 16.0 Å². The lowest BCUT2D eigenvalue weighted by Gasteiger charge is -2.47. The van der Waals surface area contributed by atoms with Crippen molar-refractivity contribution >= 4 is 12.1 Å². The van der Waals surface area contributed by atoms with Gasteiger partial charge in [-0.05, 0) is 67.2 Å². The van der Waals surface area contributed by atoms with Crippen LogP contribution in [0.4, 0.5) is 8.78 Å². The lowest BCUT2D eigenvalue weighted by molar-refractivity contribution is 0.158.